The first-order valence-corrected chi connectivity index (χ1v) is 9.37. The Kier molecular flexibility index (Phi) is 6.60. The molecule has 1 amide bonds. The van der Waals surface area contributed by atoms with Gasteiger partial charge < -0.3 is 14.7 Å². The number of nitrogens with zero attached hydrogens (tertiary/aromatic N) is 1. The van der Waals surface area contributed by atoms with E-state index >= 15 is 0 Å². The number of benzene rings is 2. The summed E-state index contributed by atoms with van der Waals surface area (Å²) in [5, 5.41) is 8.93. The highest BCUT2D eigenvalue weighted by Crippen LogP contribution is 2.15. The molecule has 142 valence electrons. The van der Waals surface area contributed by atoms with E-state index in [9.17, 15) is 9.59 Å². The molecule has 2 aromatic rings. The summed E-state index contributed by atoms with van der Waals surface area (Å²) in [7, 11) is 0. The van der Waals surface area contributed by atoms with Crippen LogP contribution in [0.25, 0.3) is 0 Å². The number of rotatable bonds is 7. The summed E-state index contributed by atoms with van der Waals surface area (Å²) in [6.07, 6.45) is 2.98. The van der Waals surface area contributed by atoms with E-state index < -0.39 is 5.97 Å². The van der Waals surface area contributed by atoms with Crippen molar-refractivity contribution >= 4 is 11.9 Å². The van der Waals surface area contributed by atoms with Gasteiger partial charge in [0.05, 0.1) is 18.3 Å². The van der Waals surface area contributed by atoms with Crippen LogP contribution in [-0.2, 0) is 22.4 Å². The molecule has 1 aliphatic rings. The van der Waals surface area contributed by atoms with Crippen LogP contribution in [-0.4, -0.2) is 47.7 Å². The number of carbonyl (C=O) groups is 2. The van der Waals surface area contributed by atoms with Crippen LogP contribution in [0.3, 0.4) is 0 Å². The number of carboxylic acids is 1. The SMILES string of the molecule is O=C(O)c1ccc(CCC(=O)N2CCOC(CCc3ccccc3)C2)cc1. The molecule has 0 radical (unpaired) electrons. The maximum Gasteiger partial charge on any atom is 0.335 e. The molecule has 1 heterocycles. The first-order valence-electron chi connectivity index (χ1n) is 9.37. The molecular weight excluding hydrogens is 342 g/mol. The van der Waals surface area contributed by atoms with Crippen molar-refractivity contribution in [2.24, 2.45) is 0 Å². The van der Waals surface area contributed by atoms with E-state index in [0.717, 1.165) is 18.4 Å². The molecule has 1 atom stereocenters. The molecule has 2 aromatic carbocycles. The van der Waals surface area contributed by atoms with Gasteiger partial charge in [0, 0.05) is 19.5 Å². The summed E-state index contributed by atoms with van der Waals surface area (Å²) in [6, 6.07) is 17.0. The maximum atomic E-state index is 12.5. The quantitative estimate of drug-likeness (QED) is 0.816. The lowest BCUT2D eigenvalue weighted by atomic mass is 10.0. The zero-order chi connectivity index (χ0) is 19.1. The average molecular weight is 367 g/mol. The molecular formula is C22H25NO4. The Hall–Kier alpha value is -2.66. The highest BCUT2D eigenvalue weighted by atomic mass is 16.5. The second-order valence-corrected chi connectivity index (χ2v) is 6.86. The Bertz CT molecular complexity index is 758. The van der Waals surface area contributed by atoms with Crippen LogP contribution < -0.4 is 0 Å². The van der Waals surface area contributed by atoms with E-state index in [4.69, 9.17) is 9.84 Å². The van der Waals surface area contributed by atoms with Crippen LogP contribution in [0.15, 0.2) is 54.6 Å². The third-order valence-corrected chi connectivity index (χ3v) is 4.92. The smallest absolute Gasteiger partial charge is 0.335 e. The summed E-state index contributed by atoms with van der Waals surface area (Å²) < 4.78 is 5.83. The van der Waals surface area contributed by atoms with Crippen molar-refractivity contribution in [3.8, 4) is 0 Å². The highest BCUT2D eigenvalue weighted by Gasteiger charge is 2.23. The topological polar surface area (TPSA) is 66.8 Å². The largest absolute Gasteiger partial charge is 0.478 e. The molecule has 0 aromatic heterocycles. The van der Waals surface area contributed by atoms with Crippen molar-refractivity contribution in [3.05, 3.63) is 71.3 Å². The third kappa shape index (κ3) is 5.66. The number of ether oxygens (including phenoxy) is 1. The van der Waals surface area contributed by atoms with Crippen LogP contribution in [0.4, 0.5) is 0 Å². The van der Waals surface area contributed by atoms with E-state index in [1.807, 2.05) is 23.1 Å². The molecule has 0 aliphatic carbocycles. The second kappa shape index (κ2) is 9.33. The van der Waals surface area contributed by atoms with Gasteiger partial charge >= 0.3 is 5.97 Å². The van der Waals surface area contributed by atoms with Crippen LogP contribution in [0.5, 0.6) is 0 Å². The van der Waals surface area contributed by atoms with Gasteiger partial charge in [-0.05, 0) is 42.5 Å². The predicted molar refractivity (Wildman–Crippen MR) is 103 cm³/mol. The van der Waals surface area contributed by atoms with Crippen molar-refractivity contribution in [1.82, 2.24) is 4.90 Å². The van der Waals surface area contributed by atoms with Gasteiger partial charge in [0.1, 0.15) is 0 Å². The molecule has 0 bridgehead atoms. The summed E-state index contributed by atoms with van der Waals surface area (Å²) in [4.78, 5) is 25.3. The van der Waals surface area contributed by atoms with Crippen LogP contribution in [0, 0.1) is 0 Å². The van der Waals surface area contributed by atoms with E-state index in [0.29, 0.717) is 32.5 Å². The number of aromatic carboxylic acids is 1. The molecule has 3 rings (SSSR count). The fourth-order valence-corrected chi connectivity index (χ4v) is 3.32. The number of amides is 1. The number of carboxylic acid groups (broad SMARTS) is 1. The van der Waals surface area contributed by atoms with Crippen molar-refractivity contribution < 1.29 is 19.4 Å². The predicted octanol–water partition coefficient (Wildman–Crippen LogP) is 3.18. The number of morpholine rings is 1. The molecule has 1 fully saturated rings. The Balaban J connectivity index is 1.45. The highest BCUT2D eigenvalue weighted by molar-refractivity contribution is 5.87. The zero-order valence-corrected chi connectivity index (χ0v) is 15.3. The molecule has 27 heavy (non-hydrogen) atoms. The van der Waals surface area contributed by atoms with E-state index in [1.54, 1.807) is 24.3 Å². The Morgan fingerprint density at radius 1 is 1.00 bits per heavy atom. The number of aryl methyl sites for hydroxylation is 2. The van der Waals surface area contributed by atoms with Crippen molar-refractivity contribution in [1.29, 1.82) is 0 Å². The van der Waals surface area contributed by atoms with Crippen molar-refractivity contribution in [3.63, 3.8) is 0 Å². The first-order chi connectivity index (χ1) is 13.1. The Morgan fingerprint density at radius 3 is 2.41 bits per heavy atom. The Labute approximate surface area is 159 Å². The average Bonchev–Trinajstić information content (AvgIpc) is 2.72. The molecule has 0 spiro atoms. The standard InChI is InChI=1S/C22H25NO4/c24-21(13-9-18-6-10-19(11-7-18)22(25)26)23-14-15-27-20(16-23)12-8-17-4-2-1-3-5-17/h1-7,10-11,20H,8-9,12-16H2,(H,25,26). The first kappa shape index (κ1) is 19.1. The fourth-order valence-electron chi connectivity index (χ4n) is 3.32. The van der Waals surface area contributed by atoms with Gasteiger partial charge in [-0.1, -0.05) is 42.5 Å². The van der Waals surface area contributed by atoms with Crippen molar-refractivity contribution in [2.75, 3.05) is 19.7 Å². The number of hydrogen-bond acceptors (Lipinski definition) is 3. The maximum absolute atomic E-state index is 12.5. The summed E-state index contributed by atoms with van der Waals surface area (Å²) in [6.45, 7) is 1.86. The second-order valence-electron chi connectivity index (χ2n) is 6.86. The summed E-state index contributed by atoms with van der Waals surface area (Å²) in [5.41, 5.74) is 2.52. The molecule has 5 nitrogen and oxygen atoms in total. The summed E-state index contributed by atoms with van der Waals surface area (Å²) in [5.74, 6) is -0.808. The minimum atomic E-state index is -0.938. The normalized spacial score (nSPS) is 16.9. The monoisotopic (exact) mass is 367 g/mol. The zero-order valence-electron chi connectivity index (χ0n) is 15.3. The number of carbonyl (C=O) groups excluding carboxylic acids is 1. The molecule has 1 saturated heterocycles. The van der Waals surface area contributed by atoms with Crippen molar-refractivity contribution in [2.45, 2.75) is 31.8 Å². The van der Waals surface area contributed by atoms with E-state index in [-0.39, 0.29) is 17.6 Å². The Morgan fingerprint density at radius 2 is 1.70 bits per heavy atom. The van der Waals surface area contributed by atoms with E-state index in [2.05, 4.69) is 12.1 Å². The van der Waals surface area contributed by atoms with Gasteiger partial charge in [0.2, 0.25) is 5.91 Å². The van der Waals surface area contributed by atoms with E-state index in [1.165, 1.54) is 5.56 Å². The minimum Gasteiger partial charge on any atom is -0.478 e. The number of hydrogen-bond donors (Lipinski definition) is 1. The minimum absolute atomic E-state index is 0.0813. The molecule has 1 aliphatic heterocycles. The molecule has 5 heteroatoms. The molecule has 0 saturated carbocycles. The molecule has 1 unspecified atom stereocenters. The van der Waals surface area contributed by atoms with Crippen LogP contribution >= 0.6 is 0 Å². The van der Waals surface area contributed by atoms with Gasteiger partial charge in [-0.2, -0.15) is 0 Å². The van der Waals surface area contributed by atoms with Gasteiger partial charge in [-0.3, -0.25) is 4.79 Å². The van der Waals surface area contributed by atoms with Gasteiger partial charge in [-0.15, -0.1) is 0 Å². The van der Waals surface area contributed by atoms with Gasteiger partial charge in [0.15, 0.2) is 0 Å². The lowest BCUT2D eigenvalue weighted by Gasteiger charge is -2.33. The van der Waals surface area contributed by atoms with Crippen LogP contribution in [0.1, 0.15) is 34.3 Å². The van der Waals surface area contributed by atoms with Crippen LogP contribution in [0.2, 0.25) is 0 Å². The summed E-state index contributed by atoms with van der Waals surface area (Å²) >= 11 is 0. The van der Waals surface area contributed by atoms with Gasteiger partial charge in [0.25, 0.3) is 0 Å². The van der Waals surface area contributed by atoms with Gasteiger partial charge in [-0.25, -0.2) is 4.79 Å². The lowest BCUT2D eigenvalue weighted by molar-refractivity contribution is -0.138. The molecule has 1 N–H and O–H groups in total. The third-order valence-electron chi connectivity index (χ3n) is 4.92. The lowest BCUT2D eigenvalue weighted by Crippen LogP contribution is -2.45. The fraction of sp³-hybridized carbons (Fsp3) is 0.364.